The highest BCUT2D eigenvalue weighted by Crippen LogP contribution is 2.24. The fourth-order valence-corrected chi connectivity index (χ4v) is 3.70. The van der Waals surface area contributed by atoms with Crippen LogP contribution in [-0.2, 0) is 22.6 Å². The molecule has 28 heavy (non-hydrogen) atoms. The Morgan fingerprint density at radius 3 is 2.82 bits per heavy atom. The van der Waals surface area contributed by atoms with Crippen molar-refractivity contribution in [2.75, 3.05) is 5.75 Å². The third kappa shape index (κ3) is 4.72. The van der Waals surface area contributed by atoms with E-state index in [2.05, 4.69) is 15.5 Å². The number of primary amides is 1. The van der Waals surface area contributed by atoms with Gasteiger partial charge in [-0.2, -0.15) is 0 Å². The van der Waals surface area contributed by atoms with Crippen LogP contribution in [0.4, 0.5) is 0 Å². The van der Waals surface area contributed by atoms with Crippen LogP contribution in [-0.4, -0.2) is 32.3 Å². The minimum atomic E-state index is -0.376. The molecule has 0 fully saturated rings. The van der Waals surface area contributed by atoms with Gasteiger partial charge in [-0.05, 0) is 26.0 Å². The Kier molecular flexibility index (Phi) is 6.35. The monoisotopic (exact) mass is 401 g/mol. The Hall–Kier alpha value is -2.81. The van der Waals surface area contributed by atoms with Crippen LogP contribution in [0.1, 0.15) is 37.9 Å². The number of fused-ring (bicyclic) bond motifs is 1. The standard InChI is InChI=1S/C19H23N5O3S/c1-3-24-17(9-8-16(20)25)22-23-19(24)28-11-18(26)21-12(2)15-10-13-6-4-5-7-14(13)27-15/h4-7,10,12H,3,8-9,11H2,1-2H3,(H2,20,25)(H,21,26)/t12-/m1/s1. The molecule has 0 saturated heterocycles. The second kappa shape index (κ2) is 8.92. The maximum atomic E-state index is 12.3. The molecule has 0 unspecified atom stereocenters. The third-order valence-corrected chi connectivity index (χ3v) is 5.25. The van der Waals surface area contributed by atoms with Crippen molar-refractivity contribution in [1.29, 1.82) is 0 Å². The number of carbonyl (C=O) groups excluding carboxylic acids is 2. The molecule has 0 saturated carbocycles. The number of aryl methyl sites for hydroxylation is 1. The first-order valence-corrected chi connectivity index (χ1v) is 10.1. The van der Waals surface area contributed by atoms with Crippen molar-refractivity contribution in [2.45, 2.75) is 44.4 Å². The molecule has 0 radical (unpaired) electrons. The van der Waals surface area contributed by atoms with Crippen LogP contribution in [0.5, 0.6) is 0 Å². The Balaban J connectivity index is 1.57. The molecule has 3 rings (SSSR count). The maximum absolute atomic E-state index is 12.3. The van der Waals surface area contributed by atoms with Crippen molar-refractivity contribution in [3.8, 4) is 0 Å². The summed E-state index contributed by atoms with van der Waals surface area (Å²) >= 11 is 1.31. The van der Waals surface area contributed by atoms with Crippen LogP contribution in [0.25, 0.3) is 11.0 Å². The first kappa shape index (κ1) is 19.9. The fraction of sp³-hybridized carbons (Fsp3) is 0.368. The van der Waals surface area contributed by atoms with Gasteiger partial charge in [-0.3, -0.25) is 9.59 Å². The number of thioether (sulfide) groups is 1. The summed E-state index contributed by atoms with van der Waals surface area (Å²) in [5, 5.41) is 12.8. The second-order valence-electron chi connectivity index (χ2n) is 6.37. The molecule has 3 N–H and O–H groups in total. The lowest BCUT2D eigenvalue weighted by Crippen LogP contribution is -2.28. The zero-order valence-corrected chi connectivity index (χ0v) is 16.7. The molecule has 0 aliphatic carbocycles. The molecule has 148 valence electrons. The smallest absolute Gasteiger partial charge is 0.231 e. The molecule has 0 aliphatic rings. The topological polar surface area (TPSA) is 116 Å². The molecule has 2 heterocycles. The number of nitrogens with one attached hydrogen (secondary N) is 1. The average Bonchev–Trinajstić information content (AvgIpc) is 3.28. The number of hydrogen-bond acceptors (Lipinski definition) is 6. The van der Waals surface area contributed by atoms with Gasteiger partial charge in [0.05, 0.1) is 11.8 Å². The Morgan fingerprint density at radius 1 is 1.32 bits per heavy atom. The first-order valence-electron chi connectivity index (χ1n) is 9.09. The van der Waals surface area contributed by atoms with Crippen LogP contribution in [0.15, 0.2) is 39.9 Å². The van der Waals surface area contributed by atoms with Crippen molar-refractivity contribution in [3.63, 3.8) is 0 Å². The van der Waals surface area contributed by atoms with Crippen LogP contribution in [0.2, 0.25) is 0 Å². The van der Waals surface area contributed by atoms with Gasteiger partial charge < -0.3 is 20.0 Å². The highest BCUT2D eigenvalue weighted by atomic mass is 32.2. The molecule has 1 atom stereocenters. The van der Waals surface area contributed by atoms with Crippen molar-refractivity contribution < 1.29 is 14.0 Å². The number of amides is 2. The van der Waals surface area contributed by atoms with Gasteiger partial charge in [0, 0.05) is 24.8 Å². The van der Waals surface area contributed by atoms with E-state index < -0.39 is 0 Å². The van der Waals surface area contributed by atoms with E-state index in [0.29, 0.717) is 29.7 Å². The van der Waals surface area contributed by atoms with E-state index in [0.717, 1.165) is 11.0 Å². The molecule has 1 aromatic carbocycles. The number of furan rings is 1. The van der Waals surface area contributed by atoms with Crippen molar-refractivity contribution in [1.82, 2.24) is 20.1 Å². The Bertz CT molecular complexity index is 948. The lowest BCUT2D eigenvalue weighted by Gasteiger charge is -2.11. The quantitative estimate of drug-likeness (QED) is 0.532. The number of benzene rings is 1. The van der Waals surface area contributed by atoms with Gasteiger partial charge in [0.1, 0.15) is 17.2 Å². The SMILES string of the molecule is CCn1c(CCC(N)=O)nnc1SCC(=O)N[C@H](C)c1cc2ccccc2o1. The van der Waals surface area contributed by atoms with Gasteiger partial charge in [-0.25, -0.2) is 0 Å². The first-order chi connectivity index (χ1) is 13.5. The summed E-state index contributed by atoms with van der Waals surface area (Å²) in [4.78, 5) is 23.3. The van der Waals surface area contributed by atoms with Crippen LogP contribution in [0, 0.1) is 0 Å². The van der Waals surface area contributed by atoms with Gasteiger partial charge in [0.15, 0.2) is 5.16 Å². The maximum Gasteiger partial charge on any atom is 0.231 e. The molecule has 8 nitrogen and oxygen atoms in total. The lowest BCUT2D eigenvalue weighted by atomic mass is 10.2. The summed E-state index contributed by atoms with van der Waals surface area (Å²) in [5.74, 6) is 1.12. The van der Waals surface area contributed by atoms with E-state index >= 15 is 0 Å². The van der Waals surface area contributed by atoms with E-state index in [1.165, 1.54) is 11.8 Å². The van der Waals surface area contributed by atoms with E-state index in [-0.39, 0.29) is 30.0 Å². The number of nitrogens with zero attached hydrogens (tertiary/aromatic N) is 3. The van der Waals surface area contributed by atoms with Crippen molar-refractivity contribution in [2.24, 2.45) is 5.73 Å². The van der Waals surface area contributed by atoms with Crippen LogP contribution in [0.3, 0.4) is 0 Å². The van der Waals surface area contributed by atoms with Crippen LogP contribution >= 0.6 is 11.8 Å². The second-order valence-corrected chi connectivity index (χ2v) is 7.32. The Labute approximate surface area is 166 Å². The van der Waals surface area contributed by atoms with Gasteiger partial charge in [0.25, 0.3) is 0 Å². The molecule has 9 heteroatoms. The summed E-state index contributed by atoms with van der Waals surface area (Å²) in [6, 6.07) is 9.43. The third-order valence-electron chi connectivity index (χ3n) is 4.29. The molecule has 3 aromatic rings. The molecular weight excluding hydrogens is 378 g/mol. The predicted octanol–water partition coefficient (Wildman–Crippen LogP) is 2.43. The normalized spacial score (nSPS) is 12.2. The zero-order valence-electron chi connectivity index (χ0n) is 15.8. The minimum Gasteiger partial charge on any atom is -0.459 e. The van der Waals surface area contributed by atoms with Crippen molar-refractivity contribution in [3.05, 3.63) is 41.9 Å². The van der Waals surface area contributed by atoms with Gasteiger partial charge in [-0.15, -0.1) is 10.2 Å². The summed E-state index contributed by atoms with van der Waals surface area (Å²) < 4.78 is 7.69. The van der Waals surface area contributed by atoms with E-state index in [1.54, 1.807) is 0 Å². The van der Waals surface area contributed by atoms with Gasteiger partial charge >= 0.3 is 0 Å². The van der Waals surface area contributed by atoms with E-state index in [4.69, 9.17) is 10.2 Å². The number of hydrogen-bond donors (Lipinski definition) is 2. The Morgan fingerprint density at radius 2 is 2.11 bits per heavy atom. The van der Waals surface area contributed by atoms with Gasteiger partial charge in [-0.1, -0.05) is 30.0 Å². The summed E-state index contributed by atoms with van der Waals surface area (Å²) in [6.07, 6.45) is 0.657. The van der Waals surface area contributed by atoms with Crippen molar-refractivity contribution >= 4 is 34.5 Å². The molecule has 0 spiro atoms. The number of carbonyl (C=O) groups is 2. The molecule has 0 bridgehead atoms. The molecular formula is C19H23N5O3S. The highest BCUT2D eigenvalue weighted by molar-refractivity contribution is 7.99. The zero-order chi connectivity index (χ0) is 20.1. The summed E-state index contributed by atoms with van der Waals surface area (Å²) in [5.41, 5.74) is 5.99. The minimum absolute atomic E-state index is 0.123. The molecule has 2 aromatic heterocycles. The number of rotatable bonds is 9. The number of nitrogens with two attached hydrogens (primary N) is 1. The summed E-state index contributed by atoms with van der Waals surface area (Å²) in [6.45, 7) is 4.50. The lowest BCUT2D eigenvalue weighted by molar-refractivity contribution is -0.119. The van der Waals surface area contributed by atoms with E-state index in [1.807, 2.05) is 48.7 Å². The summed E-state index contributed by atoms with van der Waals surface area (Å²) in [7, 11) is 0. The van der Waals surface area contributed by atoms with E-state index in [9.17, 15) is 9.59 Å². The van der Waals surface area contributed by atoms with Gasteiger partial charge in [0.2, 0.25) is 11.8 Å². The largest absolute Gasteiger partial charge is 0.459 e. The predicted molar refractivity (Wildman–Crippen MR) is 107 cm³/mol. The molecule has 0 aliphatic heterocycles. The average molecular weight is 401 g/mol. The fourth-order valence-electron chi connectivity index (χ4n) is 2.86. The molecule has 2 amide bonds. The van der Waals surface area contributed by atoms with Crippen LogP contribution < -0.4 is 11.1 Å². The number of para-hydroxylation sites is 1. The highest BCUT2D eigenvalue weighted by Gasteiger charge is 2.17. The number of aromatic nitrogens is 3.